The number of rotatable bonds is 1. The van der Waals surface area contributed by atoms with E-state index in [0.717, 1.165) is 5.39 Å². The van der Waals surface area contributed by atoms with Gasteiger partial charge in [-0.1, -0.05) is 23.8 Å². The van der Waals surface area contributed by atoms with E-state index in [9.17, 15) is 4.79 Å². The second-order valence-electron chi connectivity index (χ2n) is 3.04. The first kappa shape index (κ1) is 10.1. The number of carbonyl (C=O) groups is 1. The number of H-pyrrole nitrogens is 1. The van der Waals surface area contributed by atoms with Crippen LogP contribution in [0, 0.1) is 4.51 Å². The summed E-state index contributed by atoms with van der Waals surface area (Å²) < 4.78 is 0.498. The molecule has 1 heterocycles. The molecule has 0 atom stereocenters. The van der Waals surface area contributed by atoms with Gasteiger partial charge in [-0.05, 0) is 24.3 Å². The summed E-state index contributed by atoms with van der Waals surface area (Å²) in [6.45, 7) is 0. The van der Waals surface area contributed by atoms with Gasteiger partial charge in [0.15, 0.2) is 0 Å². The predicted octanol–water partition coefficient (Wildman–Crippen LogP) is 3.25. The summed E-state index contributed by atoms with van der Waals surface area (Å²) >= 11 is 10.9. The topological polar surface area (TPSA) is 53.1 Å². The first-order chi connectivity index (χ1) is 7.08. The number of aromatic carboxylic acids is 1. The van der Waals surface area contributed by atoms with E-state index in [2.05, 4.69) is 4.98 Å². The summed E-state index contributed by atoms with van der Waals surface area (Å²) in [7, 11) is 0. The van der Waals surface area contributed by atoms with Crippen molar-refractivity contribution in [2.45, 2.75) is 0 Å². The van der Waals surface area contributed by atoms with Crippen molar-refractivity contribution in [2.75, 3.05) is 0 Å². The molecule has 5 heteroatoms. The summed E-state index contributed by atoms with van der Waals surface area (Å²) in [4.78, 5) is 13.5. The largest absolute Gasteiger partial charge is 0.477 e. The van der Waals surface area contributed by atoms with Crippen LogP contribution in [-0.4, -0.2) is 16.1 Å². The van der Waals surface area contributed by atoms with Gasteiger partial charge in [-0.15, -0.1) is 0 Å². The van der Waals surface area contributed by atoms with Crippen molar-refractivity contribution in [3.63, 3.8) is 0 Å². The molecule has 0 aliphatic heterocycles. The molecule has 1 aromatic heterocycles. The van der Waals surface area contributed by atoms with E-state index >= 15 is 0 Å². The minimum atomic E-state index is -1.04. The third-order valence-corrected chi connectivity index (χ3v) is 2.60. The zero-order valence-corrected chi connectivity index (χ0v) is 9.02. The van der Waals surface area contributed by atoms with Crippen molar-refractivity contribution < 1.29 is 9.90 Å². The Morgan fingerprint density at radius 2 is 2.13 bits per heavy atom. The number of nitrogens with one attached hydrogen (secondary N) is 1. The Morgan fingerprint density at radius 1 is 1.40 bits per heavy atom. The van der Waals surface area contributed by atoms with E-state index in [1.54, 1.807) is 18.2 Å². The number of hydrogen-bond acceptors (Lipinski definition) is 2. The van der Waals surface area contributed by atoms with Crippen LogP contribution in [0.2, 0.25) is 5.02 Å². The van der Waals surface area contributed by atoms with Crippen LogP contribution in [0.15, 0.2) is 24.3 Å². The van der Waals surface area contributed by atoms with E-state index < -0.39 is 5.97 Å². The third-order valence-electron chi connectivity index (χ3n) is 2.02. The summed E-state index contributed by atoms with van der Waals surface area (Å²) in [5.41, 5.74) is 0.696. The highest BCUT2D eigenvalue weighted by Crippen LogP contribution is 2.19. The van der Waals surface area contributed by atoms with Crippen molar-refractivity contribution in [3.05, 3.63) is 39.5 Å². The first-order valence-electron chi connectivity index (χ1n) is 4.14. The lowest BCUT2D eigenvalue weighted by molar-refractivity contribution is 0.0691. The van der Waals surface area contributed by atoms with Crippen LogP contribution in [0.1, 0.15) is 10.5 Å². The van der Waals surface area contributed by atoms with Crippen molar-refractivity contribution in [1.82, 2.24) is 4.98 Å². The number of carboxylic acids is 1. The van der Waals surface area contributed by atoms with Gasteiger partial charge in [-0.3, -0.25) is 0 Å². The lowest BCUT2D eigenvalue weighted by Gasteiger charge is -2.01. The van der Waals surface area contributed by atoms with Gasteiger partial charge in [0, 0.05) is 20.4 Å². The predicted molar refractivity (Wildman–Crippen MR) is 61.1 cm³/mol. The minimum Gasteiger partial charge on any atom is -0.477 e. The Kier molecular flexibility index (Phi) is 2.46. The Hall–Kier alpha value is -1.39. The molecule has 2 N–H and O–H groups in total. The second-order valence-corrected chi connectivity index (χ2v) is 3.92. The number of halogens is 1. The fraction of sp³-hybridized carbons (Fsp3) is 0. The highest BCUT2D eigenvalue weighted by atomic mass is 35.5. The van der Waals surface area contributed by atoms with Gasteiger partial charge in [0.2, 0.25) is 0 Å². The van der Waals surface area contributed by atoms with Crippen LogP contribution in [0.25, 0.3) is 10.9 Å². The van der Waals surface area contributed by atoms with Crippen LogP contribution in [0.4, 0.5) is 0 Å². The Balaban J connectivity index is 2.85. The average Bonchev–Trinajstić information content (AvgIpc) is 2.16. The van der Waals surface area contributed by atoms with Crippen LogP contribution >= 0.6 is 23.8 Å². The molecule has 0 saturated carbocycles. The number of aromatic amines is 1. The number of benzene rings is 1. The molecule has 0 aliphatic rings. The number of carboxylic acid groups (broad SMARTS) is 1. The Labute approximate surface area is 95.3 Å². The number of hydrogen-bond donors (Lipinski definition) is 2. The fourth-order valence-corrected chi connectivity index (χ4v) is 1.81. The van der Waals surface area contributed by atoms with Crippen molar-refractivity contribution in [1.29, 1.82) is 0 Å². The maximum Gasteiger partial charge on any atom is 0.352 e. The Bertz CT molecular complexity index is 606. The monoisotopic (exact) mass is 239 g/mol. The molecule has 0 amide bonds. The highest BCUT2D eigenvalue weighted by molar-refractivity contribution is 7.71. The van der Waals surface area contributed by atoms with Crippen molar-refractivity contribution >= 4 is 40.7 Å². The Morgan fingerprint density at radius 3 is 2.80 bits per heavy atom. The molecule has 1 aromatic carbocycles. The molecule has 0 bridgehead atoms. The van der Waals surface area contributed by atoms with Gasteiger partial charge in [0.05, 0.1) is 0 Å². The van der Waals surface area contributed by atoms with E-state index in [4.69, 9.17) is 28.9 Å². The van der Waals surface area contributed by atoms with Gasteiger partial charge in [-0.2, -0.15) is 0 Å². The van der Waals surface area contributed by atoms with Gasteiger partial charge in [0.1, 0.15) is 5.69 Å². The molecule has 0 saturated heterocycles. The summed E-state index contributed by atoms with van der Waals surface area (Å²) in [6.07, 6.45) is 0. The molecule has 3 nitrogen and oxygen atoms in total. The number of aromatic nitrogens is 1. The standard InChI is InChI=1S/C10H6ClNO2S/c11-5-1-2-6-7(3-5)12-8(10(13)14)4-9(6)15/h1-4H,(H,12,15)(H,13,14). The van der Waals surface area contributed by atoms with Gasteiger partial charge < -0.3 is 10.1 Å². The molecule has 2 aromatic rings. The smallest absolute Gasteiger partial charge is 0.352 e. The van der Waals surface area contributed by atoms with Crippen molar-refractivity contribution in [2.24, 2.45) is 0 Å². The minimum absolute atomic E-state index is 0.0646. The van der Waals surface area contributed by atoms with Crippen molar-refractivity contribution in [3.8, 4) is 0 Å². The quantitative estimate of drug-likeness (QED) is 0.751. The SMILES string of the molecule is O=C(O)c1cc(=S)c2ccc(Cl)cc2[nH]1. The van der Waals surface area contributed by atoms with Crippen LogP contribution < -0.4 is 0 Å². The molecular weight excluding hydrogens is 234 g/mol. The van der Waals surface area contributed by atoms with Crippen LogP contribution in [0.3, 0.4) is 0 Å². The summed E-state index contributed by atoms with van der Waals surface area (Å²) in [6, 6.07) is 6.56. The second kappa shape index (κ2) is 3.64. The highest BCUT2D eigenvalue weighted by Gasteiger charge is 2.05. The maximum absolute atomic E-state index is 10.8. The van der Waals surface area contributed by atoms with Gasteiger partial charge in [-0.25, -0.2) is 4.79 Å². The molecule has 0 spiro atoms. The van der Waals surface area contributed by atoms with Crippen LogP contribution in [-0.2, 0) is 0 Å². The zero-order valence-electron chi connectivity index (χ0n) is 7.45. The maximum atomic E-state index is 10.8. The van der Waals surface area contributed by atoms with E-state index in [0.29, 0.717) is 15.0 Å². The summed E-state index contributed by atoms with van der Waals surface area (Å²) in [5, 5.41) is 10.2. The molecule has 76 valence electrons. The molecular formula is C10H6ClNO2S. The number of pyridine rings is 1. The van der Waals surface area contributed by atoms with Crippen LogP contribution in [0.5, 0.6) is 0 Å². The summed E-state index contributed by atoms with van der Waals surface area (Å²) in [5.74, 6) is -1.04. The molecule has 0 fully saturated rings. The molecule has 15 heavy (non-hydrogen) atoms. The first-order valence-corrected chi connectivity index (χ1v) is 4.92. The van der Waals surface area contributed by atoms with E-state index in [1.165, 1.54) is 6.07 Å². The van der Waals surface area contributed by atoms with Gasteiger partial charge >= 0.3 is 5.97 Å². The lowest BCUT2D eigenvalue weighted by atomic mass is 10.2. The van der Waals surface area contributed by atoms with E-state index in [-0.39, 0.29) is 5.69 Å². The van der Waals surface area contributed by atoms with E-state index in [1.807, 2.05) is 0 Å². The van der Waals surface area contributed by atoms with Gasteiger partial charge in [0.25, 0.3) is 0 Å². The fourth-order valence-electron chi connectivity index (χ4n) is 1.34. The number of fused-ring (bicyclic) bond motifs is 1. The molecule has 2 rings (SSSR count). The zero-order chi connectivity index (χ0) is 11.0. The molecule has 0 radical (unpaired) electrons. The lowest BCUT2D eigenvalue weighted by Crippen LogP contribution is -2.00. The average molecular weight is 240 g/mol. The normalized spacial score (nSPS) is 10.5. The molecule has 0 aliphatic carbocycles. The molecule has 0 unspecified atom stereocenters. The third kappa shape index (κ3) is 1.86.